The third-order valence-corrected chi connectivity index (χ3v) is 3.80. The average Bonchev–Trinajstić information content (AvgIpc) is 2.41. The van der Waals surface area contributed by atoms with Gasteiger partial charge < -0.3 is 10.4 Å². The molecule has 1 aliphatic heterocycles. The van der Waals surface area contributed by atoms with Crippen LogP contribution in [0.4, 0.5) is 4.39 Å². The zero-order valence-electron chi connectivity index (χ0n) is 11.2. The Morgan fingerprint density at radius 1 is 1.35 bits per heavy atom. The van der Waals surface area contributed by atoms with Crippen molar-refractivity contribution in [1.29, 1.82) is 0 Å². The monoisotopic (exact) mass is 344 g/mol. The van der Waals surface area contributed by atoms with Gasteiger partial charge in [0.25, 0.3) is 0 Å². The van der Waals surface area contributed by atoms with Crippen LogP contribution in [0.5, 0.6) is 5.75 Å². The van der Waals surface area contributed by atoms with Gasteiger partial charge in [0, 0.05) is 37.8 Å². The highest BCUT2D eigenvalue weighted by Gasteiger charge is 2.24. The lowest BCUT2D eigenvalue weighted by atomic mass is 10.0. The van der Waals surface area contributed by atoms with Gasteiger partial charge in [-0.05, 0) is 12.5 Å². The number of rotatable bonds is 3. The minimum Gasteiger partial charge on any atom is -0.506 e. The van der Waals surface area contributed by atoms with Gasteiger partial charge in [0.2, 0.25) is 0 Å². The van der Waals surface area contributed by atoms with E-state index in [0.29, 0.717) is 5.56 Å². The van der Waals surface area contributed by atoms with Gasteiger partial charge in [-0.25, -0.2) is 4.39 Å². The lowest BCUT2D eigenvalue weighted by Crippen LogP contribution is -2.45. The first-order chi connectivity index (χ1) is 8.65. The number of halogens is 4. The molecule has 1 atom stereocenters. The Balaban J connectivity index is 0.00000180. The summed E-state index contributed by atoms with van der Waals surface area (Å²) in [5, 5.41) is 13.1. The number of phenols is 1. The van der Waals surface area contributed by atoms with Crippen LogP contribution in [0, 0.1) is 5.82 Å². The van der Waals surface area contributed by atoms with Gasteiger partial charge in [-0.15, -0.1) is 24.8 Å². The molecule has 1 aromatic rings. The smallest absolute Gasteiger partial charge is 0.145 e. The van der Waals surface area contributed by atoms with Crippen molar-refractivity contribution in [1.82, 2.24) is 10.2 Å². The van der Waals surface area contributed by atoms with E-state index in [2.05, 4.69) is 17.1 Å². The van der Waals surface area contributed by atoms with Crippen LogP contribution in [0.25, 0.3) is 0 Å². The molecule has 0 spiro atoms. The number of hydrogen-bond acceptors (Lipinski definition) is 3. The number of benzene rings is 1. The molecular weight excluding hydrogens is 326 g/mol. The maximum atomic E-state index is 13.3. The van der Waals surface area contributed by atoms with Crippen molar-refractivity contribution < 1.29 is 9.50 Å². The maximum absolute atomic E-state index is 13.3. The quantitative estimate of drug-likeness (QED) is 0.881. The first kappa shape index (κ1) is 19.7. The molecule has 1 fully saturated rings. The number of nitrogens with zero attached hydrogens (tertiary/aromatic N) is 1. The number of phenolic OH excluding ortho intramolecular Hbond substituents is 1. The Bertz CT molecular complexity index is 428. The predicted molar refractivity (Wildman–Crippen MR) is 85.0 cm³/mol. The highest BCUT2D eigenvalue weighted by molar-refractivity contribution is 6.32. The van der Waals surface area contributed by atoms with Gasteiger partial charge in [-0.1, -0.05) is 24.6 Å². The Labute approximate surface area is 136 Å². The van der Waals surface area contributed by atoms with E-state index in [1.165, 1.54) is 6.07 Å². The zero-order chi connectivity index (χ0) is 13.1. The Kier molecular flexibility index (Phi) is 8.79. The molecule has 0 amide bonds. The molecule has 0 saturated carbocycles. The molecule has 7 heteroatoms. The van der Waals surface area contributed by atoms with E-state index in [9.17, 15) is 9.50 Å². The van der Waals surface area contributed by atoms with Crippen molar-refractivity contribution in [2.45, 2.75) is 19.4 Å². The Hall–Kier alpha value is -0.260. The number of piperazine rings is 1. The standard InChI is InChI=1S/C13H18ClFN2O.2ClH/c1-2-11(17-7-5-16-6-8-17)9-3-4-10(15)12(14)13(9)18;;/h3-4,11,16,18H,2,5-8H2,1H3;2*1H/t11-;;/m1../s1. The maximum Gasteiger partial charge on any atom is 0.145 e. The molecule has 2 rings (SSSR count). The summed E-state index contributed by atoms with van der Waals surface area (Å²) in [6, 6.07) is 3.04. The highest BCUT2D eigenvalue weighted by atomic mass is 35.5. The predicted octanol–water partition coefficient (Wildman–Crippen LogP) is 3.38. The molecule has 0 aliphatic carbocycles. The third kappa shape index (κ3) is 4.12. The van der Waals surface area contributed by atoms with E-state index in [1.807, 2.05) is 0 Å². The van der Waals surface area contributed by atoms with E-state index in [-0.39, 0.29) is 41.6 Å². The minimum absolute atomic E-state index is 0. The molecule has 20 heavy (non-hydrogen) atoms. The van der Waals surface area contributed by atoms with E-state index in [4.69, 9.17) is 11.6 Å². The molecule has 2 N–H and O–H groups in total. The summed E-state index contributed by atoms with van der Waals surface area (Å²) >= 11 is 5.77. The van der Waals surface area contributed by atoms with Crippen LogP contribution in [0.15, 0.2) is 12.1 Å². The number of nitrogens with one attached hydrogen (secondary N) is 1. The molecule has 1 aromatic carbocycles. The van der Waals surface area contributed by atoms with Crippen LogP contribution in [0.3, 0.4) is 0 Å². The van der Waals surface area contributed by atoms with E-state index >= 15 is 0 Å². The van der Waals surface area contributed by atoms with Gasteiger partial charge in [0.1, 0.15) is 16.6 Å². The normalized spacial score (nSPS) is 16.9. The average molecular weight is 346 g/mol. The molecular formula is C13H20Cl3FN2O. The number of aromatic hydroxyl groups is 1. The molecule has 0 aromatic heterocycles. The van der Waals surface area contributed by atoms with Crippen LogP contribution in [0.1, 0.15) is 24.9 Å². The highest BCUT2D eigenvalue weighted by Crippen LogP contribution is 2.37. The topological polar surface area (TPSA) is 35.5 Å². The van der Waals surface area contributed by atoms with E-state index in [1.54, 1.807) is 6.07 Å². The largest absolute Gasteiger partial charge is 0.506 e. The fraction of sp³-hybridized carbons (Fsp3) is 0.538. The summed E-state index contributed by atoms with van der Waals surface area (Å²) < 4.78 is 13.3. The van der Waals surface area contributed by atoms with Gasteiger partial charge in [-0.3, -0.25) is 4.90 Å². The summed E-state index contributed by atoms with van der Waals surface area (Å²) in [4.78, 5) is 2.29. The first-order valence-corrected chi connectivity index (χ1v) is 6.64. The van der Waals surface area contributed by atoms with E-state index in [0.717, 1.165) is 32.6 Å². The van der Waals surface area contributed by atoms with Gasteiger partial charge in [0.05, 0.1) is 0 Å². The zero-order valence-corrected chi connectivity index (χ0v) is 13.6. The lowest BCUT2D eigenvalue weighted by Gasteiger charge is -2.35. The molecule has 0 radical (unpaired) electrons. The van der Waals surface area contributed by atoms with Gasteiger partial charge in [-0.2, -0.15) is 0 Å². The second kappa shape index (κ2) is 8.90. The van der Waals surface area contributed by atoms with E-state index < -0.39 is 5.82 Å². The third-order valence-electron chi connectivity index (χ3n) is 3.44. The lowest BCUT2D eigenvalue weighted by molar-refractivity contribution is 0.167. The summed E-state index contributed by atoms with van der Waals surface area (Å²) in [6.07, 6.45) is 0.857. The molecule has 3 nitrogen and oxygen atoms in total. The first-order valence-electron chi connectivity index (χ1n) is 6.26. The molecule has 116 valence electrons. The van der Waals surface area contributed by atoms with Crippen molar-refractivity contribution in [2.24, 2.45) is 0 Å². The molecule has 0 bridgehead atoms. The summed E-state index contributed by atoms with van der Waals surface area (Å²) in [6.45, 7) is 5.78. The van der Waals surface area contributed by atoms with Crippen molar-refractivity contribution in [3.63, 3.8) is 0 Å². The minimum atomic E-state index is -0.576. The summed E-state index contributed by atoms with van der Waals surface area (Å²) in [5.74, 6) is -0.699. The summed E-state index contributed by atoms with van der Waals surface area (Å²) in [5.41, 5.74) is 0.714. The summed E-state index contributed by atoms with van der Waals surface area (Å²) in [7, 11) is 0. The van der Waals surface area contributed by atoms with Crippen LogP contribution < -0.4 is 5.32 Å². The van der Waals surface area contributed by atoms with Crippen molar-refractivity contribution >= 4 is 36.4 Å². The second-order valence-electron chi connectivity index (χ2n) is 4.51. The SMILES string of the molecule is CC[C@H](c1ccc(F)c(Cl)c1O)N1CCNCC1.Cl.Cl. The van der Waals surface area contributed by atoms with Crippen LogP contribution in [-0.4, -0.2) is 36.2 Å². The fourth-order valence-electron chi connectivity index (χ4n) is 2.49. The van der Waals surface area contributed by atoms with Gasteiger partial charge in [0.15, 0.2) is 0 Å². The van der Waals surface area contributed by atoms with Crippen molar-refractivity contribution in [2.75, 3.05) is 26.2 Å². The number of hydrogen-bond donors (Lipinski definition) is 2. The van der Waals surface area contributed by atoms with Crippen LogP contribution in [-0.2, 0) is 0 Å². The Morgan fingerprint density at radius 3 is 2.50 bits per heavy atom. The fourth-order valence-corrected chi connectivity index (χ4v) is 2.66. The van der Waals surface area contributed by atoms with Crippen molar-refractivity contribution in [3.05, 3.63) is 28.5 Å². The Morgan fingerprint density at radius 2 is 1.95 bits per heavy atom. The van der Waals surface area contributed by atoms with Crippen LogP contribution >= 0.6 is 36.4 Å². The molecule has 1 heterocycles. The van der Waals surface area contributed by atoms with Crippen LogP contribution in [0.2, 0.25) is 5.02 Å². The van der Waals surface area contributed by atoms with Crippen molar-refractivity contribution in [3.8, 4) is 5.75 Å². The van der Waals surface area contributed by atoms with Gasteiger partial charge >= 0.3 is 0 Å². The molecule has 1 saturated heterocycles. The molecule has 1 aliphatic rings. The second-order valence-corrected chi connectivity index (χ2v) is 4.89. The molecule has 0 unspecified atom stereocenters.